The van der Waals surface area contributed by atoms with Gasteiger partial charge in [-0.15, -0.1) is 5.10 Å². The van der Waals surface area contributed by atoms with Crippen molar-refractivity contribution >= 4 is 21.4 Å². The van der Waals surface area contributed by atoms with E-state index in [1.807, 2.05) is 6.07 Å². The highest BCUT2D eigenvalue weighted by Gasteiger charge is 2.38. The Bertz CT molecular complexity index is 1400. The first-order valence-corrected chi connectivity index (χ1v) is 14.4. The van der Waals surface area contributed by atoms with Crippen LogP contribution in [0, 0.1) is 11.6 Å². The number of piperazine rings is 1. The van der Waals surface area contributed by atoms with Gasteiger partial charge in [0, 0.05) is 18.2 Å². The van der Waals surface area contributed by atoms with Crippen LogP contribution >= 0.6 is 0 Å². The first-order valence-electron chi connectivity index (χ1n) is 12.7. The second-order valence-corrected chi connectivity index (χ2v) is 11.9. The van der Waals surface area contributed by atoms with Crippen LogP contribution in [-0.2, 0) is 14.8 Å². The molecule has 38 heavy (non-hydrogen) atoms. The third-order valence-electron chi connectivity index (χ3n) is 7.46. The zero-order valence-corrected chi connectivity index (χ0v) is 22.3. The minimum absolute atomic E-state index is 0.180. The maximum atomic E-state index is 15.2. The number of hydrogen-bond donors (Lipinski definition) is 1. The van der Waals surface area contributed by atoms with Crippen LogP contribution in [0.3, 0.4) is 0 Å². The zero-order chi connectivity index (χ0) is 26.9. The third kappa shape index (κ3) is 5.36. The summed E-state index contributed by atoms with van der Waals surface area (Å²) >= 11 is 0. The molecule has 1 unspecified atom stereocenters. The minimum Gasteiger partial charge on any atom is -0.375 e. The van der Waals surface area contributed by atoms with Gasteiger partial charge in [-0.3, -0.25) is 9.71 Å². The van der Waals surface area contributed by atoms with Crippen LogP contribution in [0.25, 0.3) is 16.9 Å². The molecule has 0 radical (unpaired) electrons. The molecule has 0 saturated carbocycles. The number of sulfonamides is 1. The van der Waals surface area contributed by atoms with Gasteiger partial charge >= 0.3 is 0 Å². The minimum atomic E-state index is -3.76. The van der Waals surface area contributed by atoms with E-state index in [2.05, 4.69) is 32.0 Å². The Kier molecular flexibility index (Phi) is 7.34. The fraction of sp³-hybridized carbons (Fsp3) is 0.480. The molecule has 5 rings (SSSR count). The van der Waals surface area contributed by atoms with E-state index in [1.165, 1.54) is 6.20 Å². The largest absolute Gasteiger partial charge is 0.375 e. The van der Waals surface area contributed by atoms with Crippen molar-refractivity contribution in [3.63, 3.8) is 0 Å². The number of pyridine rings is 1. The van der Waals surface area contributed by atoms with Crippen LogP contribution < -0.4 is 9.62 Å². The van der Waals surface area contributed by atoms with Gasteiger partial charge in [0.25, 0.3) is 0 Å². The summed E-state index contributed by atoms with van der Waals surface area (Å²) in [6.45, 7) is 7.11. The van der Waals surface area contributed by atoms with E-state index >= 15 is 4.39 Å². The average Bonchev–Trinajstić information content (AvgIpc) is 3.60. The molecule has 204 valence electrons. The van der Waals surface area contributed by atoms with E-state index in [0.29, 0.717) is 23.7 Å². The molecule has 1 aromatic carbocycles. The number of halogens is 2. The molecule has 4 heterocycles. The highest BCUT2D eigenvalue weighted by atomic mass is 32.2. The van der Waals surface area contributed by atoms with Gasteiger partial charge in [0.1, 0.15) is 17.4 Å². The van der Waals surface area contributed by atoms with Crippen molar-refractivity contribution in [1.82, 2.24) is 20.0 Å². The van der Waals surface area contributed by atoms with E-state index < -0.39 is 27.3 Å². The van der Waals surface area contributed by atoms with Crippen molar-refractivity contribution in [1.29, 1.82) is 0 Å². The smallest absolute Gasteiger partial charge is 0.232 e. The lowest BCUT2D eigenvalue weighted by atomic mass is 10.1. The van der Waals surface area contributed by atoms with Gasteiger partial charge in [-0.1, -0.05) is 12.1 Å². The first kappa shape index (κ1) is 26.4. The number of ether oxygens (including phenoxy) is 1. The van der Waals surface area contributed by atoms with Crippen molar-refractivity contribution in [2.45, 2.75) is 25.8 Å². The first-order chi connectivity index (χ1) is 18.2. The monoisotopic (exact) mass is 548 g/mol. The summed E-state index contributed by atoms with van der Waals surface area (Å²) in [5, 5.41) is 8.02. The van der Waals surface area contributed by atoms with E-state index in [0.717, 1.165) is 72.8 Å². The van der Waals surface area contributed by atoms with Crippen LogP contribution in [0.4, 0.5) is 20.2 Å². The molecule has 13 heteroatoms. The molecule has 1 atom stereocenters. The second-order valence-electron chi connectivity index (χ2n) is 10.1. The number of likely N-dealkylation sites (N-methyl/N-ethyl adjacent to an activating group) is 1. The summed E-state index contributed by atoms with van der Waals surface area (Å²) in [5.41, 5.74) is 1.11. The summed E-state index contributed by atoms with van der Waals surface area (Å²) in [6, 6.07) is 4.52. The number of anilines is 2. The summed E-state index contributed by atoms with van der Waals surface area (Å²) in [4.78, 5) is 6.65. The highest BCUT2D eigenvalue weighted by molar-refractivity contribution is 7.92. The predicted octanol–water partition coefficient (Wildman–Crippen LogP) is 2.81. The van der Waals surface area contributed by atoms with Gasteiger partial charge < -0.3 is 14.1 Å². The molecule has 0 bridgehead atoms. The standard InChI is InChI=1S/C25H32F2N7O3S/c1-3-12-38(35,36)30-22-5-4-21(26)25(24(22)27)33-16-23(29-31-33)18-13-19(15-28-14-18)32-7-9-34(2,10-8-32)20-6-11-37-17-20/h4-5,13-16,20,30H,3,6-12,17H2,1-2H3/q+1. The predicted molar refractivity (Wildman–Crippen MR) is 140 cm³/mol. The molecule has 10 nitrogen and oxygen atoms in total. The van der Waals surface area contributed by atoms with Crippen LogP contribution in [-0.4, -0.2) is 91.1 Å². The third-order valence-corrected chi connectivity index (χ3v) is 8.94. The van der Waals surface area contributed by atoms with Gasteiger partial charge in [-0.05, 0) is 24.6 Å². The molecular weight excluding hydrogens is 516 g/mol. The molecule has 2 aliphatic rings. The number of rotatable bonds is 8. The zero-order valence-electron chi connectivity index (χ0n) is 21.5. The topological polar surface area (TPSA) is 102 Å². The molecule has 3 aromatic rings. The Hall–Kier alpha value is -3.16. The lowest BCUT2D eigenvalue weighted by Crippen LogP contribution is -2.62. The highest BCUT2D eigenvalue weighted by Crippen LogP contribution is 2.29. The van der Waals surface area contributed by atoms with Crippen LogP contribution in [0.1, 0.15) is 19.8 Å². The quantitative estimate of drug-likeness (QED) is 0.432. The number of quaternary nitrogens is 1. The maximum Gasteiger partial charge on any atom is 0.232 e. The number of nitrogens with one attached hydrogen (secondary N) is 1. The van der Waals surface area contributed by atoms with Gasteiger partial charge in [0.05, 0.1) is 76.0 Å². The molecule has 0 spiro atoms. The van der Waals surface area contributed by atoms with Gasteiger partial charge in [-0.25, -0.2) is 21.9 Å². The Morgan fingerprint density at radius 1 is 1.21 bits per heavy atom. The molecule has 0 aliphatic carbocycles. The van der Waals surface area contributed by atoms with E-state index in [9.17, 15) is 12.8 Å². The van der Waals surface area contributed by atoms with Crippen molar-refractivity contribution in [3.8, 4) is 16.9 Å². The second kappa shape index (κ2) is 10.5. The average molecular weight is 549 g/mol. The Morgan fingerprint density at radius 3 is 2.71 bits per heavy atom. The fourth-order valence-electron chi connectivity index (χ4n) is 5.12. The van der Waals surface area contributed by atoms with E-state index in [1.54, 1.807) is 19.3 Å². The molecule has 2 aliphatic heterocycles. The van der Waals surface area contributed by atoms with Crippen molar-refractivity contribution in [2.75, 3.05) is 61.8 Å². The molecule has 2 aromatic heterocycles. The summed E-state index contributed by atoms with van der Waals surface area (Å²) < 4.78 is 63.8. The van der Waals surface area contributed by atoms with Crippen molar-refractivity contribution in [3.05, 3.63) is 48.4 Å². The van der Waals surface area contributed by atoms with Crippen LogP contribution in [0.5, 0.6) is 0 Å². The normalized spacial score (nSPS) is 19.6. The SMILES string of the molecule is CCCS(=O)(=O)Nc1ccc(F)c(-n2cc(-c3cncc(N4CC[N+](C)(C5CCOC5)CC4)c3)nn2)c1F. The van der Waals surface area contributed by atoms with Crippen molar-refractivity contribution < 1.29 is 26.4 Å². The molecule has 2 saturated heterocycles. The number of nitrogens with zero attached hydrogens (tertiary/aromatic N) is 6. The summed E-state index contributed by atoms with van der Waals surface area (Å²) in [5.74, 6) is -2.15. The summed E-state index contributed by atoms with van der Waals surface area (Å²) in [7, 11) is -1.47. The molecular formula is C25H32F2N7O3S+. The lowest BCUT2D eigenvalue weighted by Gasteiger charge is -2.46. The Balaban J connectivity index is 1.35. The maximum absolute atomic E-state index is 15.2. The van der Waals surface area contributed by atoms with Crippen LogP contribution in [0.2, 0.25) is 0 Å². The summed E-state index contributed by atoms with van der Waals surface area (Å²) in [6.07, 6.45) is 6.28. The Morgan fingerprint density at radius 2 is 2.00 bits per heavy atom. The van der Waals surface area contributed by atoms with Crippen LogP contribution in [0.15, 0.2) is 36.8 Å². The van der Waals surface area contributed by atoms with Crippen molar-refractivity contribution in [2.24, 2.45) is 0 Å². The van der Waals surface area contributed by atoms with Gasteiger partial charge in [0.2, 0.25) is 10.0 Å². The number of benzene rings is 1. The van der Waals surface area contributed by atoms with E-state index in [-0.39, 0.29) is 11.4 Å². The molecule has 1 N–H and O–H groups in total. The lowest BCUT2D eigenvalue weighted by molar-refractivity contribution is -0.932. The van der Waals surface area contributed by atoms with Gasteiger partial charge in [-0.2, -0.15) is 0 Å². The number of hydrogen-bond acceptors (Lipinski definition) is 7. The van der Waals surface area contributed by atoms with Gasteiger partial charge in [0.15, 0.2) is 11.6 Å². The number of aromatic nitrogens is 4. The Labute approximate surface area is 220 Å². The molecule has 0 amide bonds. The molecule has 2 fully saturated rings. The van der Waals surface area contributed by atoms with E-state index in [4.69, 9.17) is 4.74 Å². The fourth-order valence-corrected chi connectivity index (χ4v) is 6.25.